The first kappa shape index (κ1) is 10.3. The second-order valence-electron chi connectivity index (χ2n) is 3.40. The summed E-state index contributed by atoms with van der Waals surface area (Å²) in [4.78, 5) is 8.28. The van der Waals surface area contributed by atoms with Crippen LogP contribution >= 0.6 is 11.3 Å². The van der Waals surface area contributed by atoms with Gasteiger partial charge < -0.3 is 5.11 Å². The molecule has 0 radical (unpaired) electrons. The van der Waals surface area contributed by atoms with Gasteiger partial charge in [0.15, 0.2) is 0 Å². The Hall–Kier alpha value is -1.26. The first-order valence-electron chi connectivity index (χ1n) is 4.74. The molecule has 0 saturated carbocycles. The third-order valence-corrected chi connectivity index (χ3v) is 2.93. The Balaban J connectivity index is 2.11. The van der Waals surface area contributed by atoms with Crippen LogP contribution in [0.4, 0.5) is 0 Å². The summed E-state index contributed by atoms with van der Waals surface area (Å²) in [6.45, 7) is 1.99. The molecule has 4 heteroatoms. The summed E-state index contributed by atoms with van der Waals surface area (Å²) in [5, 5.41) is 12.8. The number of aromatic nitrogens is 2. The maximum absolute atomic E-state index is 9.92. The van der Waals surface area contributed by atoms with Crippen molar-refractivity contribution >= 4 is 11.3 Å². The van der Waals surface area contributed by atoms with E-state index >= 15 is 0 Å². The van der Waals surface area contributed by atoms with Gasteiger partial charge in [-0.2, -0.15) is 0 Å². The first-order valence-corrected chi connectivity index (χ1v) is 5.62. The summed E-state index contributed by atoms with van der Waals surface area (Å²) in [6.07, 6.45) is 3.44. The molecule has 0 aliphatic heterocycles. The molecule has 3 nitrogen and oxygen atoms in total. The van der Waals surface area contributed by atoms with E-state index in [4.69, 9.17) is 0 Å². The number of thiazole rings is 1. The van der Waals surface area contributed by atoms with Gasteiger partial charge >= 0.3 is 0 Å². The number of aliphatic hydroxyl groups is 1. The summed E-state index contributed by atoms with van der Waals surface area (Å²) in [7, 11) is 0. The Kier molecular flexibility index (Phi) is 3.08. The summed E-state index contributed by atoms with van der Waals surface area (Å²) >= 11 is 1.55. The summed E-state index contributed by atoms with van der Waals surface area (Å²) in [5.41, 5.74) is 1.82. The predicted molar refractivity (Wildman–Crippen MR) is 59.8 cm³/mol. The molecule has 0 aromatic carbocycles. The zero-order valence-electron chi connectivity index (χ0n) is 8.42. The molecule has 1 atom stereocenters. The SMILES string of the molecule is Cc1ccnc(C(O)Cc2nccs2)c1. The van der Waals surface area contributed by atoms with E-state index in [1.165, 1.54) is 0 Å². The second-order valence-corrected chi connectivity index (χ2v) is 4.38. The van der Waals surface area contributed by atoms with Gasteiger partial charge in [0.2, 0.25) is 0 Å². The Morgan fingerprint density at radius 1 is 1.40 bits per heavy atom. The van der Waals surface area contributed by atoms with Crippen LogP contribution < -0.4 is 0 Å². The first-order chi connectivity index (χ1) is 7.25. The Morgan fingerprint density at radius 3 is 2.93 bits per heavy atom. The van der Waals surface area contributed by atoms with Crippen LogP contribution in [0.25, 0.3) is 0 Å². The van der Waals surface area contributed by atoms with Gasteiger partial charge in [-0.15, -0.1) is 11.3 Å². The lowest BCUT2D eigenvalue weighted by atomic mass is 10.1. The molecule has 1 unspecified atom stereocenters. The fourth-order valence-electron chi connectivity index (χ4n) is 1.37. The van der Waals surface area contributed by atoms with Crippen molar-refractivity contribution in [3.63, 3.8) is 0 Å². The van der Waals surface area contributed by atoms with E-state index in [0.717, 1.165) is 10.6 Å². The van der Waals surface area contributed by atoms with E-state index < -0.39 is 6.10 Å². The van der Waals surface area contributed by atoms with Gasteiger partial charge in [0.05, 0.1) is 10.7 Å². The average Bonchev–Trinajstić information content (AvgIpc) is 2.70. The van der Waals surface area contributed by atoms with Crippen molar-refractivity contribution in [3.8, 4) is 0 Å². The van der Waals surface area contributed by atoms with Crippen LogP contribution in [0.3, 0.4) is 0 Å². The summed E-state index contributed by atoms with van der Waals surface area (Å²) < 4.78 is 0. The maximum Gasteiger partial charge on any atom is 0.102 e. The highest BCUT2D eigenvalue weighted by atomic mass is 32.1. The Labute approximate surface area is 92.5 Å². The Bertz CT molecular complexity index is 428. The third-order valence-electron chi connectivity index (χ3n) is 2.13. The molecule has 0 saturated heterocycles. The minimum Gasteiger partial charge on any atom is -0.386 e. The minimum absolute atomic E-state index is 0.536. The number of rotatable bonds is 3. The van der Waals surface area contributed by atoms with Crippen LogP contribution in [-0.2, 0) is 6.42 Å². The largest absolute Gasteiger partial charge is 0.386 e. The van der Waals surface area contributed by atoms with E-state index in [2.05, 4.69) is 9.97 Å². The van der Waals surface area contributed by atoms with Gasteiger partial charge in [-0.3, -0.25) is 4.98 Å². The number of hydrogen-bond donors (Lipinski definition) is 1. The van der Waals surface area contributed by atoms with Crippen molar-refractivity contribution in [3.05, 3.63) is 46.2 Å². The highest BCUT2D eigenvalue weighted by Crippen LogP contribution is 2.18. The van der Waals surface area contributed by atoms with Crippen molar-refractivity contribution in [1.29, 1.82) is 0 Å². The van der Waals surface area contributed by atoms with Gasteiger partial charge in [-0.1, -0.05) is 0 Å². The van der Waals surface area contributed by atoms with Crippen LogP contribution in [-0.4, -0.2) is 15.1 Å². The third kappa shape index (κ3) is 2.61. The fraction of sp³-hybridized carbons (Fsp3) is 0.273. The lowest BCUT2D eigenvalue weighted by Crippen LogP contribution is -2.03. The van der Waals surface area contributed by atoms with Crippen molar-refractivity contribution in [2.45, 2.75) is 19.4 Å². The Morgan fingerprint density at radius 2 is 2.27 bits per heavy atom. The zero-order chi connectivity index (χ0) is 10.7. The molecule has 0 bridgehead atoms. The summed E-state index contributed by atoms with van der Waals surface area (Å²) in [5.74, 6) is 0. The highest BCUT2D eigenvalue weighted by Gasteiger charge is 2.11. The smallest absolute Gasteiger partial charge is 0.102 e. The molecule has 1 N–H and O–H groups in total. The molecule has 15 heavy (non-hydrogen) atoms. The van der Waals surface area contributed by atoms with Gasteiger partial charge in [-0.05, 0) is 24.6 Å². The van der Waals surface area contributed by atoms with E-state index in [1.54, 1.807) is 23.7 Å². The van der Waals surface area contributed by atoms with Crippen LogP contribution in [0.1, 0.15) is 22.4 Å². The molecular formula is C11H12N2OS. The van der Waals surface area contributed by atoms with Gasteiger partial charge in [0.1, 0.15) is 6.10 Å². The molecule has 2 rings (SSSR count). The molecule has 0 amide bonds. The number of hydrogen-bond acceptors (Lipinski definition) is 4. The monoisotopic (exact) mass is 220 g/mol. The molecule has 2 aromatic heterocycles. The molecule has 2 heterocycles. The highest BCUT2D eigenvalue weighted by molar-refractivity contribution is 7.09. The van der Waals surface area contributed by atoms with E-state index in [1.807, 2.05) is 24.4 Å². The quantitative estimate of drug-likeness (QED) is 0.861. The average molecular weight is 220 g/mol. The molecular weight excluding hydrogens is 208 g/mol. The van der Waals surface area contributed by atoms with E-state index in [9.17, 15) is 5.11 Å². The minimum atomic E-state index is -0.559. The summed E-state index contributed by atoms with van der Waals surface area (Å²) in [6, 6.07) is 3.82. The lowest BCUT2D eigenvalue weighted by molar-refractivity contribution is 0.173. The van der Waals surface area contributed by atoms with E-state index in [0.29, 0.717) is 12.1 Å². The number of nitrogens with zero attached hydrogens (tertiary/aromatic N) is 2. The van der Waals surface area contributed by atoms with Gasteiger partial charge in [-0.25, -0.2) is 4.98 Å². The normalized spacial score (nSPS) is 12.7. The molecule has 0 aliphatic carbocycles. The van der Waals surface area contributed by atoms with Gasteiger partial charge in [0, 0.05) is 24.2 Å². The van der Waals surface area contributed by atoms with Crippen LogP contribution in [0.15, 0.2) is 29.9 Å². The molecule has 0 spiro atoms. The molecule has 2 aromatic rings. The topological polar surface area (TPSA) is 46.0 Å². The standard InChI is InChI=1S/C11H12N2OS/c1-8-2-3-12-9(6-8)10(14)7-11-13-4-5-15-11/h2-6,10,14H,7H2,1H3. The molecule has 0 aliphatic rings. The number of aryl methyl sites for hydroxylation is 1. The molecule has 0 fully saturated rings. The van der Waals surface area contributed by atoms with Crippen molar-refractivity contribution in [2.75, 3.05) is 0 Å². The predicted octanol–water partition coefficient (Wildman–Crippen LogP) is 2.12. The number of pyridine rings is 1. The zero-order valence-corrected chi connectivity index (χ0v) is 9.24. The van der Waals surface area contributed by atoms with Crippen molar-refractivity contribution in [1.82, 2.24) is 9.97 Å². The maximum atomic E-state index is 9.92. The fourth-order valence-corrected chi connectivity index (χ4v) is 2.02. The van der Waals surface area contributed by atoms with Crippen molar-refractivity contribution in [2.24, 2.45) is 0 Å². The van der Waals surface area contributed by atoms with Crippen LogP contribution in [0.5, 0.6) is 0 Å². The van der Waals surface area contributed by atoms with Gasteiger partial charge in [0.25, 0.3) is 0 Å². The number of aliphatic hydroxyl groups excluding tert-OH is 1. The lowest BCUT2D eigenvalue weighted by Gasteiger charge is -2.08. The van der Waals surface area contributed by atoms with Crippen LogP contribution in [0.2, 0.25) is 0 Å². The van der Waals surface area contributed by atoms with E-state index in [-0.39, 0.29) is 0 Å². The molecule has 78 valence electrons. The second kappa shape index (κ2) is 4.51. The van der Waals surface area contributed by atoms with Crippen molar-refractivity contribution < 1.29 is 5.11 Å². The van der Waals surface area contributed by atoms with Crippen LogP contribution in [0, 0.1) is 6.92 Å².